The van der Waals surface area contributed by atoms with E-state index in [1.54, 1.807) is 0 Å². The number of nitrogens with zero attached hydrogens (tertiary/aromatic N) is 5. The maximum Gasteiger partial charge on any atom is 0.225 e. The lowest BCUT2D eigenvalue weighted by Gasteiger charge is -2.30. The Morgan fingerprint density at radius 1 is 0.967 bits per heavy atom. The number of fused-ring (bicyclic) bond motifs is 1. The monoisotopic (exact) mass is 399 g/mol. The Labute approximate surface area is 175 Å². The zero-order valence-corrected chi connectivity index (χ0v) is 17.0. The van der Waals surface area contributed by atoms with Gasteiger partial charge in [-0.05, 0) is 43.2 Å². The van der Waals surface area contributed by atoms with Crippen LogP contribution in [-0.4, -0.2) is 38.7 Å². The van der Waals surface area contributed by atoms with Gasteiger partial charge in [0.05, 0.1) is 22.4 Å². The molecule has 1 fully saturated rings. The van der Waals surface area contributed by atoms with Crippen LogP contribution in [0.25, 0.3) is 33.5 Å². The molecule has 4 heterocycles. The lowest BCUT2D eigenvalue weighted by molar-refractivity contribution is 0.495. The van der Waals surface area contributed by atoms with Crippen molar-refractivity contribution in [3.63, 3.8) is 0 Å². The zero-order chi connectivity index (χ0) is 20.7. The average molecular weight is 400 g/mol. The van der Waals surface area contributed by atoms with Crippen LogP contribution in [0.4, 0.5) is 11.6 Å². The SMILES string of the molecule is Cn1ccc2nc(-c3cnc(N4CCC(N)CC4)nc3-c3ccc(N)cc3)ccc21. The van der Waals surface area contributed by atoms with Crippen LogP contribution in [0.3, 0.4) is 0 Å². The standard InChI is InChI=1S/C23H25N7/c1-29-11-10-20-21(29)7-6-19(27-20)18-14-26-23(30-12-8-17(25)9-13-30)28-22(18)15-2-4-16(24)5-3-15/h2-7,10-11,14,17H,8-9,12-13,24-25H2,1H3. The topological polar surface area (TPSA) is 98.9 Å². The molecule has 1 aromatic carbocycles. The number of aromatic nitrogens is 4. The van der Waals surface area contributed by atoms with Crippen molar-refractivity contribution in [3.8, 4) is 22.5 Å². The van der Waals surface area contributed by atoms with Crippen molar-refractivity contribution in [2.24, 2.45) is 12.8 Å². The van der Waals surface area contributed by atoms with E-state index in [0.29, 0.717) is 0 Å². The fraction of sp³-hybridized carbons (Fsp3) is 0.261. The van der Waals surface area contributed by atoms with Gasteiger partial charge in [-0.15, -0.1) is 0 Å². The van der Waals surface area contributed by atoms with E-state index in [-0.39, 0.29) is 6.04 Å². The first-order valence-corrected chi connectivity index (χ1v) is 10.2. The minimum Gasteiger partial charge on any atom is -0.399 e. The summed E-state index contributed by atoms with van der Waals surface area (Å²) >= 11 is 0. The largest absolute Gasteiger partial charge is 0.399 e. The van der Waals surface area contributed by atoms with Gasteiger partial charge in [-0.2, -0.15) is 0 Å². The highest BCUT2D eigenvalue weighted by molar-refractivity contribution is 5.84. The molecule has 0 saturated carbocycles. The van der Waals surface area contributed by atoms with Crippen LogP contribution in [0.15, 0.2) is 54.9 Å². The predicted octanol–water partition coefficient (Wildman–Crippen LogP) is 3.21. The number of anilines is 2. The third-order valence-electron chi connectivity index (χ3n) is 5.80. The summed E-state index contributed by atoms with van der Waals surface area (Å²) in [5.41, 5.74) is 18.4. The van der Waals surface area contributed by atoms with Crippen molar-refractivity contribution in [3.05, 3.63) is 54.9 Å². The second-order valence-electron chi connectivity index (χ2n) is 7.91. The minimum atomic E-state index is 0.263. The van der Waals surface area contributed by atoms with E-state index in [1.165, 1.54) is 0 Å². The van der Waals surface area contributed by atoms with Crippen LogP contribution in [0.1, 0.15) is 12.8 Å². The summed E-state index contributed by atoms with van der Waals surface area (Å²) in [5, 5.41) is 0. The van der Waals surface area contributed by atoms with Gasteiger partial charge < -0.3 is 20.9 Å². The van der Waals surface area contributed by atoms with E-state index in [0.717, 1.165) is 71.1 Å². The maximum absolute atomic E-state index is 6.07. The van der Waals surface area contributed by atoms with Crippen LogP contribution in [0, 0.1) is 0 Å². The van der Waals surface area contributed by atoms with Gasteiger partial charge in [0.1, 0.15) is 0 Å². The van der Waals surface area contributed by atoms with Gasteiger partial charge in [-0.1, -0.05) is 12.1 Å². The molecule has 0 spiro atoms. The van der Waals surface area contributed by atoms with E-state index >= 15 is 0 Å². The first kappa shape index (κ1) is 18.6. The molecule has 1 aliphatic heterocycles. The van der Waals surface area contributed by atoms with Gasteiger partial charge in [0.15, 0.2) is 0 Å². The number of nitrogen functional groups attached to an aromatic ring is 1. The maximum atomic E-state index is 6.07. The molecular weight excluding hydrogens is 374 g/mol. The second kappa shape index (κ2) is 7.42. The van der Waals surface area contributed by atoms with E-state index < -0.39 is 0 Å². The van der Waals surface area contributed by atoms with E-state index in [1.807, 2.05) is 55.8 Å². The fourth-order valence-electron chi connectivity index (χ4n) is 3.97. The molecule has 0 atom stereocenters. The van der Waals surface area contributed by atoms with Gasteiger partial charge >= 0.3 is 0 Å². The van der Waals surface area contributed by atoms with Gasteiger partial charge in [-0.25, -0.2) is 15.0 Å². The van der Waals surface area contributed by atoms with Crippen LogP contribution < -0.4 is 16.4 Å². The molecule has 30 heavy (non-hydrogen) atoms. The molecule has 0 unspecified atom stereocenters. The molecule has 152 valence electrons. The lowest BCUT2D eigenvalue weighted by atomic mass is 10.0. The number of hydrogen-bond acceptors (Lipinski definition) is 6. The van der Waals surface area contributed by atoms with E-state index in [4.69, 9.17) is 26.4 Å². The van der Waals surface area contributed by atoms with E-state index in [9.17, 15) is 0 Å². The Morgan fingerprint density at radius 3 is 2.50 bits per heavy atom. The van der Waals surface area contributed by atoms with Gasteiger partial charge in [0.25, 0.3) is 0 Å². The number of nitrogens with two attached hydrogens (primary N) is 2. The Morgan fingerprint density at radius 2 is 1.73 bits per heavy atom. The average Bonchev–Trinajstić information content (AvgIpc) is 3.14. The highest BCUT2D eigenvalue weighted by atomic mass is 15.3. The van der Waals surface area contributed by atoms with Crippen molar-refractivity contribution < 1.29 is 0 Å². The van der Waals surface area contributed by atoms with Gasteiger partial charge in [-0.3, -0.25) is 0 Å². The molecule has 0 amide bonds. The Bertz CT molecular complexity index is 1190. The van der Waals surface area contributed by atoms with E-state index in [2.05, 4.69) is 15.5 Å². The zero-order valence-electron chi connectivity index (χ0n) is 17.0. The molecule has 4 aromatic rings. The molecule has 0 aliphatic carbocycles. The molecule has 1 aliphatic rings. The van der Waals surface area contributed by atoms with Crippen molar-refractivity contribution in [1.82, 2.24) is 19.5 Å². The molecule has 0 radical (unpaired) electrons. The third kappa shape index (κ3) is 3.37. The van der Waals surface area contributed by atoms with Crippen molar-refractivity contribution in [1.29, 1.82) is 0 Å². The van der Waals surface area contributed by atoms with Crippen molar-refractivity contribution in [2.45, 2.75) is 18.9 Å². The molecule has 0 bridgehead atoms. The highest BCUT2D eigenvalue weighted by Crippen LogP contribution is 2.32. The number of benzene rings is 1. The summed E-state index contributed by atoms with van der Waals surface area (Å²) in [6.07, 6.45) is 5.81. The predicted molar refractivity (Wildman–Crippen MR) is 121 cm³/mol. The molecule has 5 rings (SSSR count). The first-order chi connectivity index (χ1) is 14.6. The lowest BCUT2D eigenvalue weighted by Crippen LogP contribution is -2.40. The number of hydrogen-bond donors (Lipinski definition) is 2. The third-order valence-corrected chi connectivity index (χ3v) is 5.80. The minimum absolute atomic E-state index is 0.263. The summed E-state index contributed by atoms with van der Waals surface area (Å²) in [6, 6.07) is 14.2. The van der Waals surface area contributed by atoms with Gasteiger partial charge in [0.2, 0.25) is 5.95 Å². The molecule has 3 aromatic heterocycles. The number of piperidine rings is 1. The van der Waals surface area contributed by atoms with Gasteiger partial charge in [0, 0.05) is 55.4 Å². The molecular formula is C23H25N7. The smallest absolute Gasteiger partial charge is 0.225 e. The van der Waals surface area contributed by atoms with Crippen LogP contribution >= 0.6 is 0 Å². The first-order valence-electron chi connectivity index (χ1n) is 10.2. The Kier molecular flexibility index (Phi) is 4.59. The summed E-state index contributed by atoms with van der Waals surface area (Å²) in [7, 11) is 2.02. The number of aryl methyl sites for hydroxylation is 1. The summed E-state index contributed by atoms with van der Waals surface area (Å²) < 4.78 is 2.06. The highest BCUT2D eigenvalue weighted by Gasteiger charge is 2.21. The second-order valence-corrected chi connectivity index (χ2v) is 7.91. The van der Waals surface area contributed by atoms with Crippen molar-refractivity contribution >= 4 is 22.7 Å². The summed E-state index contributed by atoms with van der Waals surface area (Å²) in [6.45, 7) is 1.74. The quantitative estimate of drug-likeness (QED) is 0.513. The molecule has 7 heteroatoms. The van der Waals surface area contributed by atoms with Crippen molar-refractivity contribution in [2.75, 3.05) is 23.7 Å². The fourth-order valence-corrected chi connectivity index (χ4v) is 3.97. The Hall–Kier alpha value is -3.45. The normalized spacial score (nSPS) is 15.1. The van der Waals surface area contributed by atoms with Crippen LogP contribution in [-0.2, 0) is 7.05 Å². The number of rotatable bonds is 3. The van der Waals surface area contributed by atoms with Crippen LogP contribution in [0.5, 0.6) is 0 Å². The summed E-state index contributed by atoms with van der Waals surface area (Å²) in [4.78, 5) is 16.7. The van der Waals surface area contributed by atoms with Crippen LogP contribution in [0.2, 0.25) is 0 Å². The molecule has 7 nitrogen and oxygen atoms in total. The number of pyridine rings is 1. The molecule has 1 saturated heterocycles. The Balaban J connectivity index is 1.62. The molecule has 4 N–H and O–H groups in total. The summed E-state index contributed by atoms with van der Waals surface area (Å²) in [5.74, 6) is 0.735.